The highest BCUT2D eigenvalue weighted by atomic mass is 16.2. The van der Waals surface area contributed by atoms with Crippen molar-refractivity contribution in [2.45, 2.75) is 13.1 Å². The molecular formula is C12H18N4O2. The van der Waals surface area contributed by atoms with Crippen molar-refractivity contribution in [3.05, 3.63) is 35.4 Å². The van der Waals surface area contributed by atoms with E-state index < -0.39 is 0 Å². The van der Waals surface area contributed by atoms with E-state index in [1.807, 2.05) is 24.3 Å². The summed E-state index contributed by atoms with van der Waals surface area (Å²) in [6.45, 7) is 0.904. The Hall–Kier alpha value is -2.24. The predicted molar refractivity (Wildman–Crippen MR) is 69.0 cm³/mol. The zero-order chi connectivity index (χ0) is 13.4. The fourth-order valence-electron chi connectivity index (χ4n) is 1.39. The second-order valence-electron chi connectivity index (χ2n) is 3.69. The molecule has 0 saturated carbocycles. The maximum Gasteiger partial charge on any atom is 0.314 e. The van der Waals surface area contributed by atoms with Crippen molar-refractivity contribution in [2.75, 3.05) is 14.1 Å². The lowest BCUT2D eigenvalue weighted by molar-refractivity contribution is 0.242. The highest BCUT2D eigenvalue weighted by Crippen LogP contribution is 2.04. The molecule has 0 aliphatic rings. The lowest BCUT2D eigenvalue weighted by Crippen LogP contribution is -2.32. The summed E-state index contributed by atoms with van der Waals surface area (Å²) >= 11 is 0. The number of nitrogens with one attached hydrogen (secondary N) is 4. The molecule has 0 aliphatic heterocycles. The van der Waals surface area contributed by atoms with Gasteiger partial charge in [-0.15, -0.1) is 0 Å². The monoisotopic (exact) mass is 250 g/mol. The molecule has 0 spiro atoms. The van der Waals surface area contributed by atoms with E-state index >= 15 is 0 Å². The summed E-state index contributed by atoms with van der Waals surface area (Å²) in [5.74, 6) is 0. The van der Waals surface area contributed by atoms with E-state index in [-0.39, 0.29) is 12.1 Å². The molecule has 0 saturated heterocycles. The van der Waals surface area contributed by atoms with Gasteiger partial charge < -0.3 is 21.3 Å². The summed E-state index contributed by atoms with van der Waals surface area (Å²) in [6, 6.07) is 7.22. The van der Waals surface area contributed by atoms with Crippen molar-refractivity contribution < 1.29 is 9.59 Å². The highest BCUT2D eigenvalue weighted by molar-refractivity contribution is 5.73. The molecule has 98 valence electrons. The van der Waals surface area contributed by atoms with Gasteiger partial charge in [-0.25, -0.2) is 9.59 Å². The van der Waals surface area contributed by atoms with Crippen molar-refractivity contribution in [2.24, 2.45) is 0 Å². The van der Waals surface area contributed by atoms with Gasteiger partial charge in [-0.2, -0.15) is 0 Å². The Balaban J connectivity index is 2.51. The summed E-state index contributed by atoms with van der Waals surface area (Å²) in [4.78, 5) is 22.1. The van der Waals surface area contributed by atoms with Crippen molar-refractivity contribution >= 4 is 12.1 Å². The van der Waals surface area contributed by atoms with Crippen LogP contribution in [0.4, 0.5) is 9.59 Å². The molecule has 0 bridgehead atoms. The van der Waals surface area contributed by atoms with E-state index in [1.165, 1.54) is 0 Å². The van der Waals surface area contributed by atoms with Crippen LogP contribution >= 0.6 is 0 Å². The van der Waals surface area contributed by atoms with Crippen LogP contribution in [-0.4, -0.2) is 26.2 Å². The van der Waals surface area contributed by atoms with Gasteiger partial charge in [-0.3, -0.25) is 0 Å². The Morgan fingerprint density at radius 3 is 1.78 bits per heavy atom. The molecule has 18 heavy (non-hydrogen) atoms. The molecule has 0 fully saturated rings. The number of rotatable bonds is 4. The molecule has 6 nitrogen and oxygen atoms in total. The summed E-state index contributed by atoms with van der Waals surface area (Å²) in [5.41, 5.74) is 1.96. The maximum absolute atomic E-state index is 11.0. The van der Waals surface area contributed by atoms with Crippen LogP contribution in [0.3, 0.4) is 0 Å². The van der Waals surface area contributed by atoms with E-state index in [9.17, 15) is 9.59 Å². The van der Waals surface area contributed by atoms with Gasteiger partial charge in [0.1, 0.15) is 0 Å². The maximum atomic E-state index is 11.0. The number of benzene rings is 1. The first-order valence-electron chi connectivity index (χ1n) is 5.64. The van der Waals surface area contributed by atoms with Gasteiger partial charge in [0, 0.05) is 27.2 Å². The Labute approximate surface area is 106 Å². The van der Waals surface area contributed by atoms with Gasteiger partial charge in [-0.05, 0) is 11.1 Å². The van der Waals surface area contributed by atoms with Gasteiger partial charge in [0.15, 0.2) is 0 Å². The average molecular weight is 250 g/mol. The van der Waals surface area contributed by atoms with Gasteiger partial charge >= 0.3 is 12.1 Å². The van der Waals surface area contributed by atoms with E-state index in [1.54, 1.807) is 14.1 Å². The molecule has 0 heterocycles. The normalized spacial score (nSPS) is 9.44. The summed E-state index contributed by atoms with van der Waals surface area (Å²) in [6.07, 6.45) is 0. The third kappa shape index (κ3) is 4.73. The molecule has 0 radical (unpaired) electrons. The fourth-order valence-corrected chi connectivity index (χ4v) is 1.39. The summed E-state index contributed by atoms with van der Waals surface area (Å²) in [5, 5.41) is 10.4. The molecular weight excluding hydrogens is 232 g/mol. The van der Waals surface area contributed by atoms with Crippen LogP contribution < -0.4 is 21.3 Å². The number of hydrogen-bond donors (Lipinski definition) is 4. The molecule has 1 aromatic rings. The predicted octanol–water partition coefficient (Wildman–Crippen LogP) is 0.545. The Morgan fingerprint density at radius 1 is 0.944 bits per heavy atom. The first-order valence-corrected chi connectivity index (χ1v) is 5.64. The lowest BCUT2D eigenvalue weighted by atomic mass is 10.1. The minimum Gasteiger partial charge on any atom is -0.341 e. The second kappa shape index (κ2) is 7.16. The van der Waals surface area contributed by atoms with Crippen LogP contribution in [0.25, 0.3) is 0 Å². The molecule has 0 unspecified atom stereocenters. The molecule has 6 heteroatoms. The van der Waals surface area contributed by atoms with Gasteiger partial charge in [0.25, 0.3) is 0 Å². The van der Waals surface area contributed by atoms with E-state index in [0.29, 0.717) is 13.1 Å². The third-order valence-electron chi connectivity index (χ3n) is 2.35. The molecule has 4 amide bonds. The first kappa shape index (κ1) is 13.8. The fraction of sp³-hybridized carbons (Fsp3) is 0.333. The van der Waals surface area contributed by atoms with Gasteiger partial charge in [0.05, 0.1) is 0 Å². The van der Waals surface area contributed by atoms with Crippen LogP contribution in [0.2, 0.25) is 0 Å². The van der Waals surface area contributed by atoms with Crippen LogP contribution in [0.5, 0.6) is 0 Å². The average Bonchev–Trinajstić information content (AvgIpc) is 2.42. The number of carbonyl (C=O) groups excluding carboxylic acids is 2. The van der Waals surface area contributed by atoms with Crippen LogP contribution in [-0.2, 0) is 13.1 Å². The van der Waals surface area contributed by atoms with Crippen molar-refractivity contribution in [1.29, 1.82) is 0 Å². The molecule has 1 rings (SSSR count). The second-order valence-corrected chi connectivity index (χ2v) is 3.69. The first-order chi connectivity index (χ1) is 8.65. The molecule has 0 aromatic heterocycles. The minimum atomic E-state index is -0.219. The van der Waals surface area contributed by atoms with E-state index in [2.05, 4.69) is 21.3 Å². The zero-order valence-corrected chi connectivity index (χ0v) is 10.5. The highest BCUT2D eigenvalue weighted by Gasteiger charge is 2.00. The van der Waals surface area contributed by atoms with Crippen molar-refractivity contribution in [1.82, 2.24) is 21.3 Å². The molecule has 0 aliphatic carbocycles. The molecule has 1 aromatic carbocycles. The van der Waals surface area contributed by atoms with Gasteiger partial charge in [-0.1, -0.05) is 24.3 Å². The molecule has 0 atom stereocenters. The number of urea groups is 2. The van der Waals surface area contributed by atoms with E-state index in [4.69, 9.17) is 0 Å². The molecule has 4 N–H and O–H groups in total. The summed E-state index contributed by atoms with van der Waals surface area (Å²) in [7, 11) is 3.14. The number of carbonyl (C=O) groups is 2. The van der Waals surface area contributed by atoms with Crippen LogP contribution in [0.1, 0.15) is 11.1 Å². The standard InChI is InChI=1S/C12H18N4O2/c1-13-11(17)15-7-9-4-3-5-10(6-9)8-16-12(18)14-2/h3-6H,7-8H2,1-2H3,(H2,13,15,17)(H2,14,16,18). The lowest BCUT2D eigenvalue weighted by Gasteiger charge is -2.08. The van der Waals surface area contributed by atoms with Crippen molar-refractivity contribution in [3.63, 3.8) is 0 Å². The Bertz CT molecular complexity index is 385. The van der Waals surface area contributed by atoms with Gasteiger partial charge in [0.2, 0.25) is 0 Å². The largest absolute Gasteiger partial charge is 0.341 e. The summed E-state index contributed by atoms with van der Waals surface area (Å²) < 4.78 is 0. The van der Waals surface area contributed by atoms with Crippen LogP contribution in [0.15, 0.2) is 24.3 Å². The van der Waals surface area contributed by atoms with Crippen LogP contribution in [0, 0.1) is 0 Å². The Morgan fingerprint density at radius 2 is 1.39 bits per heavy atom. The van der Waals surface area contributed by atoms with Crippen molar-refractivity contribution in [3.8, 4) is 0 Å². The third-order valence-corrected chi connectivity index (χ3v) is 2.35. The van der Waals surface area contributed by atoms with E-state index in [0.717, 1.165) is 11.1 Å². The zero-order valence-electron chi connectivity index (χ0n) is 10.5. The number of amides is 4. The SMILES string of the molecule is CNC(=O)NCc1cccc(CNC(=O)NC)c1. The minimum absolute atomic E-state index is 0.219. The Kier molecular flexibility index (Phi) is 5.50. The quantitative estimate of drug-likeness (QED) is 0.629. The number of hydrogen-bond acceptors (Lipinski definition) is 2. The smallest absolute Gasteiger partial charge is 0.314 e. The topological polar surface area (TPSA) is 82.3 Å².